The molecular weight excluding hydrogens is 354 g/mol. The van der Waals surface area contributed by atoms with Gasteiger partial charge in [-0.2, -0.15) is 5.10 Å². The highest BCUT2D eigenvalue weighted by Crippen LogP contribution is 2.27. The van der Waals surface area contributed by atoms with Crippen molar-refractivity contribution >= 4 is 32.5 Å². The molecule has 0 fully saturated rings. The molecule has 1 aromatic carbocycles. The van der Waals surface area contributed by atoms with Crippen LogP contribution in [0.2, 0.25) is 0 Å². The number of benzene rings is 1. The Balaban J connectivity index is 1.60. The van der Waals surface area contributed by atoms with Gasteiger partial charge in [-0.1, -0.05) is 22.9 Å². The van der Waals surface area contributed by atoms with E-state index in [1.54, 1.807) is 0 Å². The number of aromatic nitrogens is 4. The summed E-state index contributed by atoms with van der Waals surface area (Å²) in [6.07, 6.45) is 4.79. The average molecular weight is 372 g/mol. The standard InChI is InChI=1S/C17H18BrN5/c1-2-16-21-17-6-4-12(10-23(17)22-16)20-15-7-8-19-14-5-3-11(18)9-13(14)15/h3,5,7-9,12H,2,4,6,10H2,1H3,(H,19,20). The van der Waals surface area contributed by atoms with Gasteiger partial charge in [0.15, 0.2) is 5.82 Å². The predicted octanol–water partition coefficient (Wildman–Crippen LogP) is 3.58. The number of nitrogens with one attached hydrogen (secondary N) is 1. The Kier molecular flexibility index (Phi) is 3.77. The van der Waals surface area contributed by atoms with E-state index in [1.165, 1.54) is 0 Å². The van der Waals surface area contributed by atoms with Crippen molar-refractivity contribution in [2.45, 2.75) is 38.8 Å². The van der Waals surface area contributed by atoms with Crippen LogP contribution in [-0.4, -0.2) is 25.8 Å². The molecule has 0 aliphatic carbocycles. The fourth-order valence-corrected chi connectivity index (χ4v) is 3.45. The van der Waals surface area contributed by atoms with Crippen LogP contribution in [0.4, 0.5) is 5.69 Å². The third-order valence-corrected chi connectivity index (χ3v) is 4.77. The summed E-state index contributed by atoms with van der Waals surface area (Å²) in [7, 11) is 0. The number of nitrogens with zero attached hydrogens (tertiary/aromatic N) is 4. The molecule has 23 heavy (non-hydrogen) atoms. The Morgan fingerprint density at radius 1 is 1.35 bits per heavy atom. The molecule has 6 heteroatoms. The molecule has 0 radical (unpaired) electrons. The molecule has 0 bridgehead atoms. The molecule has 118 valence electrons. The highest BCUT2D eigenvalue weighted by molar-refractivity contribution is 9.10. The van der Waals surface area contributed by atoms with Crippen molar-refractivity contribution in [1.29, 1.82) is 0 Å². The quantitative estimate of drug-likeness (QED) is 0.764. The first-order valence-corrected chi connectivity index (χ1v) is 8.75. The summed E-state index contributed by atoms with van der Waals surface area (Å²) in [5.74, 6) is 2.06. The van der Waals surface area contributed by atoms with E-state index < -0.39 is 0 Å². The second kappa shape index (κ2) is 5.92. The second-order valence-corrected chi connectivity index (χ2v) is 6.80. The van der Waals surface area contributed by atoms with Crippen LogP contribution < -0.4 is 5.32 Å². The number of halogens is 1. The largest absolute Gasteiger partial charge is 0.380 e. The van der Waals surface area contributed by atoms with Crippen molar-refractivity contribution in [3.8, 4) is 0 Å². The smallest absolute Gasteiger partial charge is 0.150 e. The van der Waals surface area contributed by atoms with Crippen LogP contribution in [0.1, 0.15) is 25.0 Å². The van der Waals surface area contributed by atoms with Crippen LogP contribution in [0.5, 0.6) is 0 Å². The molecule has 1 unspecified atom stereocenters. The Bertz CT molecular complexity index is 857. The van der Waals surface area contributed by atoms with Gasteiger partial charge in [0.25, 0.3) is 0 Å². The van der Waals surface area contributed by atoms with Gasteiger partial charge in [0.2, 0.25) is 0 Å². The zero-order valence-corrected chi connectivity index (χ0v) is 14.5. The van der Waals surface area contributed by atoms with Gasteiger partial charge in [0, 0.05) is 40.6 Å². The van der Waals surface area contributed by atoms with E-state index in [0.717, 1.165) is 58.5 Å². The summed E-state index contributed by atoms with van der Waals surface area (Å²) in [6, 6.07) is 8.58. The van der Waals surface area contributed by atoms with Gasteiger partial charge in [-0.15, -0.1) is 0 Å². The summed E-state index contributed by atoms with van der Waals surface area (Å²) < 4.78 is 3.12. The van der Waals surface area contributed by atoms with Crippen molar-refractivity contribution < 1.29 is 0 Å². The summed E-state index contributed by atoms with van der Waals surface area (Å²) >= 11 is 3.55. The summed E-state index contributed by atoms with van der Waals surface area (Å²) in [6.45, 7) is 2.96. The van der Waals surface area contributed by atoms with Crippen molar-refractivity contribution in [1.82, 2.24) is 19.7 Å². The van der Waals surface area contributed by atoms with E-state index in [9.17, 15) is 0 Å². The first-order chi connectivity index (χ1) is 11.2. The number of hydrogen-bond acceptors (Lipinski definition) is 4. The lowest BCUT2D eigenvalue weighted by Gasteiger charge is -2.25. The van der Waals surface area contributed by atoms with E-state index in [4.69, 9.17) is 0 Å². The van der Waals surface area contributed by atoms with Crippen molar-refractivity contribution in [3.63, 3.8) is 0 Å². The molecule has 3 heterocycles. The van der Waals surface area contributed by atoms with Gasteiger partial charge in [0.1, 0.15) is 5.82 Å². The minimum absolute atomic E-state index is 0.360. The zero-order valence-electron chi connectivity index (χ0n) is 13.0. The van der Waals surface area contributed by atoms with Gasteiger partial charge in [-0.25, -0.2) is 9.67 Å². The molecule has 0 amide bonds. The number of anilines is 1. The van der Waals surface area contributed by atoms with Crippen LogP contribution >= 0.6 is 15.9 Å². The number of aryl methyl sites for hydroxylation is 2. The maximum Gasteiger partial charge on any atom is 0.150 e. The molecule has 2 aromatic heterocycles. The van der Waals surface area contributed by atoms with Gasteiger partial charge in [-0.05, 0) is 30.7 Å². The number of hydrogen-bond donors (Lipinski definition) is 1. The molecule has 1 N–H and O–H groups in total. The number of fused-ring (bicyclic) bond motifs is 2. The van der Waals surface area contributed by atoms with Gasteiger partial charge < -0.3 is 5.32 Å². The second-order valence-electron chi connectivity index (χ2n) is 5.88. The Morgan fingerprint density at radius 2 is 2.26 bits per heavy atom. The lowest BCUT2D eigenvalue weighted by molar-refractivity contribution is 0.440. The fourth-order valence-electron chi connectivity index (χ4n) is 3.09. The lowest BCUT2D eigenvalue weighted by atomic mass is 10.1. The van der Waals surface area contributed by atoms with E-state index in [1.807, 2.05) is 24.4 Å². The maximum atomic E-state index is 4.58. The molecule has 4 rings (SSSR count). The van der Waals surface area contributed by atoms with Crippen molar-refractivity contribution in [2.24, 2.45) is 0 Å². The monoisotopic (exact) mass is 371 g/mol. The van der Waals surface area contributed by atoms with E-state index in [0.29, 0.717) is 6.04 Å². The Hall–Kier alpha value is -1.95. The Morgan fingerprint density at radius 3 is 3.13 bits per heavy atom. The molecule has 3 aromatic rings. The van der Waals surface area contributed by atoms with E-state index >= 15 is 0 Å². The SMILES string of the molecule is CCc1nc2n(n1)CC(Nc1ccnc3ccc(Br)cc13)CC2. The molecular formula is C17H18BrN5. The van der Waals surface area contributed by atoms with Crippen LogP contribution in [-0.2, 0) is 19.4 Å². The van der Waals surface area contributed by atoms with E-state index in [2.05, 4.69) is 54.0 Å². The first-order valence-electron chi connectivity index (χ1n) is 7.96. The molecule has 1 aliphatic heterocycles. The van der Waals surface area contributed by atoms with Gasteiger partial charge >= 0.3 is 0 Å². The highest BCUT2D eigenvalue weighted by atomic mass is 79.9. The third-order valence-electron chi connectivity index (χ3n) is 4.28. The highest BCUT2D eigenvalue weighted by Gasteiger charge is 2.21. The van der Waals surface area contributed by atoms with Gasteiger partial charge in [-0.3, -0.25) is 4.98 Å². The minimum Gasteiger partial charge on any atom is -0.380 e. The summed E-state index contributed by atoms with van der Waals surface area (Å²) in [5, 5.41) is 9.39. The molecule has 0 saturated carbocycles. The molecule has 0 spiro atoms. The lowest BCUT2D eigenvalue weighted by Crippen LogP contribution is -2.32. The van der Waals surface area contributed by atoms with Crippen molar-refractivity contribution in [2.75, 3.05) is 5.32 Å². The third kappa shape index (κ3) is 2.83. The van der Waals surface area contributed by atoms with Crippen LogP contribution in [0.3, 0.4) is 0 Å². The molecule has 1 aliphatic rings. The Labute approximate surface area is 143 Å². The zero-order chi connectivity index (χ0) is 15.8. The number of rotatable bonds is 3. The summed E-state index contributed by atoms with van der Waals surface area (Å²) in [5.41, 5.74) is 2.13. The van der Waals surface area contributed by atoms with Gasteiger partial charge in [0.05, 0.1) is 12.1 Å². The summed E-state index contributed by atoms with van der Waals surface area (Å²) in [4.78, 5) is 9.02. The van der Waals surface area contributed by atoms with Crippen LogP contribution in [0.15, 0.2) is 34.9 Å². The van der Waals surface area contributed by atoms with E-state index in [-0.39, 0.29) is 0 Å². The minimum atomic E-state index is 0.360. The fraction of sp³-hybridized carbons (Fsp3) is 0.353. The number of pyridine rings is 1. The van der Waals surface area contributed by atoms with Crippen LogP contribution in [0.25, 0.3) is 10.9 Å². The van der Waals surface area contributed by atoms with Crippen molar-refractivity contribution in [3.05, 3.63) is 46.6 Å². The first kappa shape index (κ1) is 14.6. The molecule has 0 saturated heterocycles. The maximum absolute atomic E-state index is 4.58. The topological polar surface area (TPSA) is 55.6 Å². The average Bonchev–Trinajstić information content (AvgIpc) is 2.98. The van der Waals surface area contributed by atoms with Crippen LogP contribution in [0, 0.1) is 0 Å². The predicted molar refractivity (Wildman–Crippen MR) is 94.6 cm³/mol. The molecule has 1 atom stereocenters. The normalized spacial score (nSPS) is 17.2. The molecule has 5 nitrogen and oxygen atoms in total.